The highest BCUT2D eigenvalue weighted by molar-refractivity contribution is 5.28. The molecule has 0 atom stereocenters. The van der Waals surface area contributed by atoms with Gasteiger partial charge in [0.15, 0.2) is 0 Å². The monoisotopic (exact) mass is 178 g/mol. The molecule has 1 aromatic carbocycles. The van der Waals surface area contributed by atoms with Crippen LogP contribution in [0.2, 0.25) is 0 Å². The number of benzene rings is 1. The molecule has 70 valence electrons. The predicted molar refractivity (Wildman–Crippen MR) is 51.0 cm³/mol. The molecule has 1 heterocycles. The SMILES string of the molecule is CC(C)(C)n1on1-c1ccccc1. The number of aromatic nitrogens is 2. The average Bonchev–Trinajstić information content (AvgIpc) is 2.83. The van der Waals surface area contributed by atoms with Crippen LogP contribution >= 0.6 is 0 Å². The van der Waals surface area contributed by atoms with Gasteiger partial charge in [0.05, 0.1) is 5.54 Å². The quantitative estimate of drug-likeness (QED) is 0.658. The zero-order chi connectivity index (χ0) is 9.47. The summed E-state index contributed by atoms with van der Waals surface area (Å²) < 4.78 is 5.33. The average molecular weight is 178 g/mol. The number of rotatable bonds is 1. The van der Waals surface area contributed by atoms with Crippen molar-refractivity contribution in [2.75, 3.05) is 0 Å². The molecule has 0 amide bonds. The molecule has 0 unspecified atom stereocenters. The van der Waals surface area contributed by atoms with E-state index in [1.807, 2.05) is 35.2 Å². The molecule has 0 aliphatic rings. The van der Waals surface area contributed by atoms with E-state index >= 15 is 0 Å². The van der Waals surface area contributed by atoms with Crippen molar-refractivity contribution in [3.05, 3.63) is 30.3 Å². The lowest BCUT2D eigenvalue weighted by molar-refractivity contribution is 0.289. The van der Waals surface area contributed by atoms with Crippen LogP contribution in [0.25, 0.3) is 5.69 Å². The highest BCUT2D eigenvalue weighted by Crippen LogP contribution is 2.21. The van der Waals surface area contributed by atoms with Gasteiger partial charge in [-0.25, -0.2) is 4.63 Å². The summed E-state index contributed by atoms with van der Waals surface area (Å²) in [5.74, 6) is 0. The molecule has 2 aromatic rings. The van der Waals surface area contributed by atoms with E-state index in [1.54, 1.807) is 4.85 Å². The minimum absolute atomic E-state index is 0.0237. The van der Waals surface area contributed by atoms with Crippen molar-refractivity contribution < 1.29 is 4.63 Å². The molecular weight excluding hydrogens is 164 g/mol. The van der Waals surface area contributed by atoms with E-state index in [-0.39, 0.29) is 5.54 Å². The molecule has 13 heavy (non-hydrogen) atoms. The fourth-order valence-corrected chi connectivity index (χ4v) is 1.16. The summed E-state index contributed by atoms with van der Waals surface area (Å²) in [4.78, 5) is 3.64. The molecular formula is C10H14N2O. The van der Waals surface area contributed by atoms with E-state index in [4.69, 9.17) is 4.63 Å². The molecule has 0 saturated carbocycles. The van der Waals surface area contributed by atoms with Crippen molar-refractivity contribution in [1.29, 1.82) is 0 Å². The second-order valence-electron chi connectivity index (χ2n) is 4.13. The summed E-state index contributed by atoms with van der Waals surface area (Å²) in [6, 6.07) is 10.0. The first-order valence-electron chi connectivity index (χ1n) is 4.42. The predicted octanol–water partition coefficient (Wildman–Crippen LogP) is 2.63. The zero-order valence-electron chi connectivity index (χ0n) is 8.19. The summed E-state index contributed by atoms with van der Waals surface area (Å²) in [5, 5.41) is 0. The van der Waals surface area contributed by atoms with E-state index in [2.05, 4.69) is 20.8 Å². The third kappa shape index (κ3) is 1.54. The van der Waals surface area contributed by atoms with Crippen LogP contribution in [0.15, 0.2) is 35.0 Å². The lowest BCUT2D eigenvalue weighted by Crippen LogP contribution is -2.17. The molecule has 0 N–H and O–H groups in total. The van der Waals surface area contributed by atoms with Gasteiger partial charge >= 0.3 is 0 Å². The summed E-state index contributed by atoms with van der Waals surface area (Å²) in [6.45, 7) is 6.32. The van der Waals surface area contributed by atoms with Gasteiger partial charge in [-0.2, -0.15) is 0 Å². The first-order chi connectivity index (χ1) is 6.09. The Hall–Kier alpha value is -1.38. The summed E-state index contributed by atoms with van der Waals surface area (Å²) in [7, 11) is 0. The normalized spacial score (nSPS) is 12.2. The Labute approximate surface area is 77.5 Å². The van der Waals surface area contributed by atoms with Crippen LogP contribution in [-0.2, 0) is 5.54 Å². The molecule has 3 heteroatoms. The second-order valence-corrected chi connectivity index (χ2v) is 4.13. The lowest BCUT2D eigenvalue weighted by atomic mass is 10.1. The van der Waals surface area contributed by atoms with Crippen LogP contribution < -0.4 is 0 Å². The molecule has 0 saturated heterocycles. The van der Waals surface area contributed by atoms with Crippen LogP contribution in [0.1, 0.15) is 20.8 Å². The van der Waals surface area contributed by atoms with Gasteiger partial charge in [0.1, 0.15) is 5.69 Å². The topological polar surface area (TPSA) is 23.0 Å². The van der Waals surface area contributed by atoms with Gasteiger partial charge in [0, 0.05) is 0 Å². The Kier molecular flexibility index (Phi) is 1.62. The maximum Gasteiger partial charge on any atom is 0.105 e. The van der Waals surface area contributed by atoms with E-state index in [0.29, 0.717) is 0 Å². The summed E-state index contributed by atoms with van der Waals surface area (Å²) in [5.41, 5.74) is 1.09. The molecule has 0 spiro atoms. The van der Waals surface area contributed by atoms with Gasteiger partial charge in [-0.1, -0.05) is 27.9 Å². The summed E-state index contributed by atoms with van der Waals surface area (Å²) >= 11 is 0. The minimum Gasteiger partial charge on any atom is -0.249 e. The van der Waals surface area contributed by atoms with Gasteiger partial charge in [0.2, 0.25) is 0 Å². The van der Waals surface area contributed by atoms with E-state index < -0.39 is 0 Å². The van der Waals surface area contributed by atoms with Crippen molar-refractivity contribution in [3.63, 3.8) is 0 Å². The molecule has 0 aliphatic carbocycles. The van der Waals surface area contributed by atoms with Gasteiger partial charge in [-0.3, -0.25) is 0 Å². The first kappa shape index (κ1) is 8.23. The van der Waals surface area contributed by atoms with Gasteiger partial charge < -0.3 is 0 Å². The Morgan fingerprint density at radius 3 is 2.15 bits per heavy atom. The Balaban J connectivity index is 2.27. The molecule has 0 fully saturated rings. The molecule has 1 aromatic heterocycles. The number of hydrogen-bond acceptors (Lipinski definition) is 1. The van der Waals surface area contributed by atoms with Gasteiger partial charge in [-0.15, -0.1) is 0 Å². The van der Waals surface area contributed by atoms with Crippen molar-refractivity contribution >= 4 is 0 Å². The van der Waals surface area contributed by atoms with Crippen LogP contribution in [0.3, 0.4) is 0 Å². The molecule has 2 rings (SSSR count). The lowest BCUT2D eigenvalue weighted by Gasteiger charge is -2.08. The number of nitrogens with zero attached hydrogens (tertiary/aromatic N) is 2. The third-order valence-electron chi connectivity index (χ3n) is 1.85. The largest absolute Gasteiger partial charge is 0.249 e. The second kappa shape index (κ2) is 2.55. The Morgan fingerprint density at radius 1 is 1.08 bits per heavy atom. The van der Waals surface area contributed by atoms with Crippen LogP contribution in [0, 0.1) is 0 Å². The highest BCUT2D eigenvalue weighted by Gasteiger charge is 2.25. The van der Waals surface area contributed by atoms with Crippen molar-refractivity contribution in [2.45, 2.75) is 26.3 Å². The number of para-hydroxylation sites is 1. The maximum atomic E-state index is 5.33. The van der Waals surface area contributed by atoms with E-state index in [0.717, 1.165) is 5.69 Å². The molecule has 0 bridgehead atoms. The third-order valence-corrected chi connectivity index (χ3v) is 1.85. The van der Waals surface area contributed by atoms with Crippen LogP contribution in [0.4, 0.5) is 0 Å². The smallest absolute Gasteiger partial charge is 0.105 e. The maximum absolute atomic E-state index is 5.33. The standard InChI is InChI=1S/C10H14N2O/c1-10(2,3)12-11(13-12)9-7-5-4-6-8-9/h4-8H,1-3H3. The first-order valence-corrected chi connectivity index (χ1v) is 4.42. The fraction of sp³-hybridized carbons (Fsp3) is 0.400. The van der Waals surface area contributed by atoms with Crippen molar-refractivity contribution in [1.82, 2.24) is 9.71 Å². The fourth-order valence-electron chi connectivity index (χ4n) is 1.16. The van der Waals surface area contributed by atoms with Crippen LogP contribution in [-0.4, -0.2) is 9.71 Å². The Morgan fingerprint density at radius 2 is 1.69 bits per heavy atom. The Bertz CT molecular complexity index is 372. The van der Waals surface area contributed by atoms with Crippen molar-refractivity contribution in [3.8, 4) is 5.69 Å². The highest BCUT2D eigenvalue weighted by atomic mass is 16.8. The summed E-state index contributed by atoms with van der Waals surface area (Å²) in [6.07, 6.45) is 0. The number of hydrogen-bond donors (Lipinski definition) is 0. The molecule has 0 aliphatic heterocycles. The van der Waals surface area contributed by atoms with Crippen molar-refractivity contribution in [2.24, 2.45) is 0 Å². The minimum atomic E-state index is 0.0237. The molecule has 0 radical (unpaired) electrons. The van der Waals surface area contributed by atoms with E-state index in [1.165, 1.54) is 0 Å². The van der Waals surface area contributed by atoms with Gasteiger partial charge in [-0.05, 0) is 32.9 Å². The van der Waals surface area contributed by atoms with E-state index in [9.17, 15) is 0 Å². The van der Waals surface area contributed by atoms with Gasteiger partial charge in [0.25, 0.3) is 0 Å². The zero-order valence-corrected chi connectivity index (χ0v) is 8.19. The molecule has 3 nitrogen and oxygen atoms in total. The van der Waals surface area contributed by atoms with Crippen LogP contribution in [0.5, 0.6) is 0 Å².